The molecule has 4 heterocycles. The van der Waals surface area contributed by atoms with E-state index >= 15 is 0 Å². The van der Waals surface area contributed by atoms with Crippen molar-refractivity contribution in [2.75, 3.05) is 44.2 Å². The predicted octanol–water partition coefficient (Wildman–Crippen LogP) is 0.416. The molecule has 130 valence electrons. The van der Waals surface area contributed by atoms with E-state index in [0.717, 1.165) is 45.1 Å². The van der Waals surface area contributed by atoms with Crippen LogP contribution in [0.1, 0.15) is 10.4 Å². The SMILES string of the molecule is O=C(c1cc[nH]c(=O)c1)N1CC(N2CCN(c3ccccn3)CC2)C1. The Morgan fingerprint density at radius 3 is 2.60 bits per heavy atom. The van der Waals surface area contributed by atoms with Crippen molar-refractivity contribution in [1.29, 1.82) is 0 Å². The van der Waals surface area contributed by atoms with E-state index in [1.165, 1.54) is 12.3 Å². The molecule has 1 N–H and O–H groups in total. The minimum atomic E-state index is -0.242. The number of pyridine rings is 2. The Balaban J connectivity index is 1.29. The summed E-state index contributed by atoms with van der Waals surface area (Å²) in [4.78, 5) is 37.2. The molecule has 0 aliphatic carbocycles. The van der Waals surface area contributed by atoms with Crippen molar-refractivity contribution in [3.8, 4) is 0 Å². The molecule has 7 heteroatoms. The van der Waals surface area contributed by atoms with Gasteiger partial charge in [-0.3, -0.25) is 14.5 Å². The first-order valence-corrected chi connectivity index (χ1v) is 8.59. The first-order valence-electron chi connectivity index (χ1n) is 8.59. The minimum Gasteiger partial charge on any atom is -0.354 e. The largest absolute Gasteiger partial charge is 0.354 e. The van der Waals surface area contributed by atoms with Crippen LogP contribution in [0.4, 0.5) is 5.82 Å². The van der Waals surface area contributed by atoms with Gasteiger partial charge < -0.3 is 14.8 Å². The third-order valence-corrected chi connectivity index (χ3v) is 4.98. The van der Waals surface area contributed by atoms with Crippen LogP contribution < -0.4 is 10.5 Å². The number of hydrogen-bond donors (Lipinski definition) is 1. The maximum atomic E-state index is 12.4. The summed E-state index contributed by atoms with van der Waals surface area (Å²) < 4.78 is 0. The van der Waals surface area contributed by atoms with Crippen LogP contribution in [0.2, 0.25) is 0 Å². The fourth-order valence-corrected chi connectivity index (χ4v) is 3.47. The van der Waals surface area contributed by atoms with Crippen molar-refractivity contribution in [3.63, 3.8) is 0 Å². The van der Waals surface area contributed by atoms with Gasteiger partial charge in [0.1, 0.15) is 5.82 Å². The van der Waals surface area contributed by atoms with E-state index in [2.05, 4.69) is 19.8 Å². The molecule has 2 aliphatic heterocycles. The van der Waals surface area contributed by atoms with Crippen molar-refractivity contribution < 1.29 is 4.79 Å². The normalized spacial score (nSPS) is 18.9. The second-order valence-electron chi connectivity index (χ2n) is 6.52. The molecule has 2 aromatic heterocycles. The van der Waals surface area contributed by atoms with Crippen LogP contribution >= 0.6 is 0 Å². The summed E-state index contributed by atoms with van der Waals surface area (Å²) in [5, 5.41) is 0. The van der Waals surface area contributed by atoms with E-state index in [1.807, 2.05) is 29.3 Å². The molecule has 0 unspecified atom stereocenters. The maximum absolute atomic E-state index is 12.4. The molecule has 0 aromatic carbocycles. The van der Waals surface area contributed by atoms with Gasteiger partial charge in [-0.15, -0.1) is 0 Å². The Bertz CT molecular complexity index is 792. The number of H-pyrrole nitrogens is 1. The standard InChI is InChI=1S/C18H21N5O2/c24-17-11-14(4-6-20-17)18(25)23-12-15(13-23)21-7-9-22(10-8-21)16-3-1-2-5-19-16/h1-6,11,15H,7-10,12-13H2,(H,20,24). The lowest BCUT2D eigenvalue weighted by molar-refractivity contribution is 0.0246. The molecule has 0 bridgehead atoms. The van der Waals surface area contributed by atoms with Crippen LogP contribution in [-0.4, -0.2) is 71.0 Å². The zero-order valence-electron chi connectivity index (χ0n) is 14.0. The first kappa shape index (κ1) is 15.8. The summed E-state index contributed by atoms with van der Waals surface area (Å²) in [6.45, 7) is 5.33. The second kappa shape index (κ2) is 6.68. The van der Waals surface area contributed by atoms with Gasteiger partial charge in [-0.25, -0.2) is 4.98 Å². The monoisotopic (exact) mass is 339 g/mol. The van der Waals surface area contributed by atoms with Crippen LogP contribution in [0.15, 0.2) is 47.5 Å². The summed E-state index contributed by atoms with van der Waals surface area (Å²) in [7, 11) is 0. The lowest BCUT2D eigenvalue weighted by Crippen LogP contribution is -2.64. The van der Waals surface area contributed by atoms with E-state index in [0.29, 0.717) is 11.6 Å². The highest BCUT2D eigenvalue weighted by atomic mass is 16.2. The molecular formula is C18H21N5O2. The molecule has 0 spiro atoms. The Morgan fingerprint density at radius 1 is 1.12 bits per heavy atom. The molecule has 7 nitrogen and oxygen atoms in total. The number of anilines is 1. The average molecular weight is 339 g/mol. The molecule has 1 amide bonds. The number of nitrogens with one attached hydrogen (secondary N) is 1. The molecule has 4 rings (SSSR count). The van der Waals surface area contributed by atoms with Gasteiger partial charge in [0, 0.05) is 69.3 Å². The Labute approximate surface area is 145 Å². The first-order chi connectivity index (χ1) is 12.2. The second-order valence-corrected chi connectivity index (χ2v) is 6.52. The van der Waals surface area contributed by atoms with Crippen molar-refractivity contribution in [2.24, 2.45) is 0 Å². The molecule has 2 aliphatic rings. The molecule has 0 atom stereocenters. The third kappa shape index (κ3) is 3.28. The van der Waals surface area contributed by atoms with Gasteiger partial charge in [-0.2, -0.15) is 0 Å². The number of carbonyl (C=O) groups excluding carboxylic acids is 1. The van der Waals surface area contributed by atoms with E-state index < -0.39 is 0 Å². The molecule has 0 radical (unpaired) electrons. The Hall–Kier alpha value is -2.67. The Kier molecular flexibility index (Phi) is 4.23. The summed E-state index contributed by atoms with van der Waals surface area (Å²) >= 11 is 0. The number of carbonyl (C=O) groups is 1. The number of piperazine rings is 1. The highest BCUT2D eigenvalue weighted by Crippen LogP contribution is 2.20. The highest BCUT2D eigenvalue weighted by Gasteiger charge is 2.36. The van der Waals surface area contributed by atoms with Gasteiger partial charge in [-0.1, -0.05) is 6.07 Å². The van der Waals surface area contributed by atoms with Crippen molar-refractivity contribution in [1.82, 2.24) is 19.8 Å². The van der Waals surface area contributed by atoms with Crippen LogP contribution in [0, 0.1) is 0 Å². The van der Waals surface area contributed by atoms with Gasteiger partial charge in [0.15, 0.2) is 0 Å². The van der Waals surface area contributed by atoms with E-state index in [1.54, 1.807) is 6.07 Å². The van der Waals surface area contributed by atoms with Crippen molar-refractivity contribution in [2.45, 2.75) is 6.04 Å². The van der Waals surface area contributed by atoms with Gasteiger partial charge in [0.05, 0.1) is 0 Å². The summed E-state index contributed by atoms with van der Waals surface area (Å²) in [5.41, 5.74) is 0.218. The Morgan fingerprint density at radius 2 is 1.92 bits per heavy atom. The van der Waals surface area contributed by atoms with Crippen LogP contribution in [0.5, 0.6) is 0 Å². The quantitative estimate of drug-likeness (QED) is 0.877. The number of hydrogen-bond acceptors (Lipinski definition) is 5. The minimum absolute atomic E-state index is 0.0607. The summed E-state index contributed by atoms with van der Waals surface area (Å²) in [6.07, 6.45) is 3.34. The number of aromatic amines is 1. The number of nitrogens with zero attached hydrogens (tertiary/aromatic N) is 4. The zero-order valence-corrected chi connectivity index (χ0v) is 14.0. The summed E-state index contributed by atoms with van der Waals surface area (Å²) in [5.74, 6) is 0.969. The fraction of sp³-hybridized carbons (Fsp3) is 0.389. The predicted molar refractivity (Wildman–Crippen MR) is 94.8 cm³/mol. The number of rotatable bonds is 3. The molecule has 25 heavy (non-hydrogen) atoms. The lowest BCUT2D eigenvalue weighted by Gasteiger charge is -2.48. The number of likely N-dealkylation sites (tertiary alicyclic amines) is 1. The number of amides is 1. The molecule has 2 fully saturated rings. The molecular weight excluding hydrogens is 318 g/mol. The molecule has 0 saturated carbocycles. The van der Waals surface area contributed by atoms with E-state index in [9.17, 15) is 9.59 Å². The van der Waals surface area contributed by atoms with Crippen LogP contribution in [0.25, 0.3) is 0 Å². The molecule has 2 aromatic rings. The van der Waals surface area contributed by atoms with Gasteiger partial charge in [0.2, 0.25) is 5.56 Å². The smallest absolute Gasteiger partial charge is 0.254 e. The fourth-order valence-electron chi connectivity index (χ4n) is 3.47. The van der Waals surface area contributed by atoms with Gasteiger partial charge in [-0.05, 0) is 18.2 Å². The highest BCUT2D eigenvalue weighted by molar-refractivity contribution is 5.94. The van der Waals surface area contributed by atoms with Gasteiger partial charge in [0.25, 0.3) is 5.91 Å². The van der Waals surface area contributed by atoms with Crippen molar-refractivity contribution in [3.05, 3.63) is 58.6 Å². The van der Waals surface area contributed by atoms with Crippen LogP contribution in [-0.2, 0) is 0 Å². The zero-order chi connectivity index (χ0) is 17.2. The van der Waals surface area contributed by atoms with Crippen molar-refractivity contribution >= 4 is 11.7 Å². The topological polar surface area (TPSA) is 72.5 Å². The summed E-state index contributed by atoms with van der Waals surface area (Å²) in [6, 6.07) is 9.42. The average Bonchev–Trinajstić information content (AvgIpc) is 2.62. The van der Waals surface area contributed by atoms with Crippen LogP contribution in [0.3, 0.4) is 0 Å². The van der Waals surface area contributed by atoms with E-state index in [4.69, 9.17) is 0 Å². The third-order valence-electron chi connectivity index (χ3n) is 4.98. The maximum Gasteiger partial charge on any atom is 0.254 e. The van der Waals surface area contributed by atoms with Gasteiger partial charge >= 0.3 is 0 Å². The number of aromatic nitrogens is 2. The lowest BCUT2D eigenvalue weighted by atomic mass is 10.0. The molecule has 2 saturated heterocycles. The van der Waals surface area contributed by atoms with E-state index in [-0.39, 0.29) is 11.5 Å².